The van der Waals surface area contributed by atoms with Crippen LogP contribution < -0.4 is 0 Å². The minimum absolute atomic E-state index is 0.0746. The molecular formula is C23H30N4O3. The minimum atomic E-state index is -0.558. The molecule has 1 aromatic heterocycles. The lowest BCUT2D eigenvalue weighted by molar-refractivity contribution is 0.00863. The zero-order valence-corrected chi connectivity index (χ0v) is 18.3. The fraction of sp³-hybridized carbons (Fsp3) is 0.478. The summed E-state index contributed by atoms with van der Waals surface area (Å²) >= 11 is 0. The van der Waals surface area contributed by atoms with Crippen LogP contribution in [0.5, 0.6) is 0 Å². The molecule has 7 heteroatoms. The van der Waals surface area contributed by atoms with Crippen LogP contribution in [0.3, 0.4) is 0 Å². The number of hydrogen-bond donors (Lipinski definition) is 0. The topological polar surface area (TPSA) is 75.6 Å². The van der Waals surface area contributed by atoms with Gasteiger partial charge in [0, 0.05) is 37.6 Å². The number of hydrogen-bond acceptors (Lipinski definition) is 5. The highest BCUT2D eigenvalue weighted by atomic mass is 16.6. The van der Waals surface area contributed by atoms with Crippen LogP contribution in [-0.4, -0.2) is 63.0 Å². The maximum absolute atomic E-state index is 13.5. The molecule has 2 aromatic rings. The fourth-order valence-electron chi connectivity index (χ4n) is 3.63. The molecule has 3 rings (SSSR count). The summed E-state index contributed by atoms with van der Waals surface area (Å²) < 4.78 is 5.50. The summed E-state index contributed by atoms with van der Waals surface area (Å²) in [5, 5.41) is 0. The second-order valence-corrected chi connectivity index (χ2v) is 8.75. The first kappa shape index (κ1) is 21.7. The Bertz CT molecular complexity index is 895. The van der Waals surface area contributed by atoms with Crippen LogP contribution in [0.1, 0.15) is 50.9 Å². The average Bonchev–Trinajstić information content (AvgIpc) is 2.72. The van der Waals surface area contributed by atoms with E-state index >= 15 is 0 Å². The van der Waals surface area contributed by atoms with Crippen molar-refractivity contribution in [2.45, 2.75) is 58.2 Å². The number of carbonyl (C=O) groups excluding carboxylic acids is 2. The number of nitrogens with zero attached hydrogens (tertiary/aromatic N) is 4. The number of aromatic nitrogens is 2. The van der Waals surface area contributed by atoms with E-state index in [1.165, 1.54) is 0 Å². The Kier molecular flexibility index (Phi) is 6.39. The van der Waals surface area contributed by atoms with Crippen LogP contribution in [0.2, 0.25) is 0 Å². The summed E-state index contributed by atoms with van der Waals surface area (Å²) in [5.41, 5.74) is 0.714. The largest absolute Gasteiger partial charge is 0.444 e. The van der Waals surface area contributed by atoms with Gasteiger partial charge in [-0.3, -0.25) is 4.79 Å². The van der Waals surface area contributed by atoms with Crippen molar-refractivity contribution in [1.82, 2.24) is 19.8 Å². The first-order valence-electron chi connectivity index (χ1n) is 10.3. The molecule has 2 amide bonds. The predicted octanol–water partition coefficient (Wildman–Crippen LogP) is 4.00. The number of piperidine rings is 1. The third-order valence-electron chi connectivity index (χ3n) is 5.31. The van der Waals surface area contributed by atoms with Crippen molar-refractivity contribution in [2.24, 2.45) is 0 Å². The van der Waals surface area contributed by atoms with E-state index in [-0.39, 0.29) is 24.1 Å². The molecule has 1 saturated heterocycles. The maximum atomic E-state index is 13.5. The number of likely N-dealkylation sites (tertiary alicyclic amines) is 1. The van der Waals surface area contributed by atoms with Gasteiger partial charge in [0.15, 0.2) is 5.82 Å². The summed E-state index contributed by atoms with van der Waals surface area (Å²) in [5.74, 6) is 0.446. The van der Waals surface area contributed by atoms with E-state index in [0.29, 0.717) is 23.5 Å². The van der Waals surface area contributed by atoms with Crippen molar-refractivity contribution in [1.29, 1.82) is 0 Å². The third-order valence-corrected chi connectivity index (χ3v) is 5.31. The molecule has 2 atom stereocenters. The Labute approximate surface area is 178 Å². The molecule has 2 heterocycles. The Morgan fingerprint density at radius 1 is 1.10 bits per heavy atom. The maximum Gasteiger partial charge on any atom is 0.410 e. The Morgan fingerprint density at radius 2 is 1.77 bits per heavy atom. The molecule has 0 saturated carbocycles. The molecule has 1 fully saturated rings. The molecule has 1 aliphatic heterocycles. The molecule has 7 nitrogen and oxygen atoms in total. The standard InChI is InChI=1S/C23H30N4O3/c1-16-11-12-17(26(5)22(29)30-23(2,3)4)15-27(16)21(28)19-10-7-6-9-18(19)20-24-13-8-14-25-20/h6-10,13-14,16-17H,11-12,15H2,1-5H3/t16-,17-/m1/s1. The summed E-state index contributed by atoms with van der Waals surface area (Å²) in [6, 6.07) is 9.12. The van der Waals surface area contributed by atoms with Gasteiger partial charge in [0.1, 0.15) is 5.60 Å². The smallest absolute Gasteiger partial charge is 0.410 e. The first-order valence-corrected chi connectivity index (χ1v) is 10.3. The second kappa shape index (κ2) is 8.81. The number of amides is 2. The Hall–Kier alpha value is -2.96. The number of rotatable bonds is 3. The minimum Gasteiger partial charge on any atom is -0.444 e. The van der Waals surface area contributed by atoms with Crippen LogP contribution in [0.25, 0.3) is 11.4 Å². The highest BCUT2D eigenvalue weighted by Gasteiger charge is 2.35. The first-order chi connectivity index (χ1) is 14.2. The molecule has 0 spiro atoms. The van der Waals surface area contributed by atoms with E-state index in [9.17, 15) is 9.59 Å². The number of ether oxygens (including phenoxy) is 1. The van der Waals surface area contributed by atoms with Gasteiger partial charge in [-0.25, -0.2) is 14.8 Å². The normalized spacial score (nSPS) is 19.3. The summed E-state index contributed by atoms with van der Waals surface area (Å²) in [6.07, 6.45) is 4.60. The summed E-state index contributed by atoms with van der Waals surface area (Å²) in [7, 11) is 1.74. The molecule has 1 aliphatic rings. The molecular weight excluding hydrogens is 380 g/mol. The SMILES string of the molecule is C[C@@H]1CC[C@@H](N(C)C(=O)OC(C)(C)C)CN1C(=O)c1ccccc1-c1ncccn1. The van der Waals surface area contributed by atoms with Gasteiger partial charge in [0.2, 0.25) is 0 Å². The van der Waals surface area contributed by atoms with E-state index in [2.05, 4.69) is 9.97 Å². The molecule has 1 aromatic carbocycles. The van der Waals surface area contributed by atoms with Crippen LogP contribution in [0.15, 0.2) is 42.7 Å². The van der Waals surface area contributed by atoms with E-state index in [1.807, 2.05) is 56.9 Å². The molecule has 160 valence electrons. The van der Waals surface area contributed by atoms with Gasteiger partial charge in [-0.15, -0.1) is 0 Å². The van der Waals surface area contributed by atoms with E-state index in [0.717, 1.165) is 12.8 Å². The number of likely N-dealkylation sites (N-methyl/N-ethyl adjacent to an activating group) is 1. The van der Waals surface area contributed by atoms with Crippen molar-refractivity contribution < 1.29 is 14.3 Å². The van der Waals surface area contributed by atoms with Crippen LogP contribution in [0, 0.1) is 0 Å². The van der Waals surface area contributed by atoms with Crippen molar-refractivity contribution in [3.8, 4) is 11.4 Å². The number of carbonyl (C=O) groups is 2. The Morgan fingerprint density at radius 3 is 2.43 bits per heavy atom. The molecule has 0 aliphatic carbocycles. The predicted molar refractivity (Wildman–Crippen MR) is 115 cm³/mol. The molecule has 30 heavy (non-hydrogen) atoms. The fourth-order valence-corrected chi connectivity index (χ4v) is 3.63. The monoisotopic (exact) mass is 410 g/mol. The van der Waals surface area contributed by atoms with Gasteiger partial charge in [-0.2, -0.15) is 0 Å². The summed E-state index contributed by atoms with van der Waals surface area (Å²) in [4.78, 5) is 38.1. The zero-order valence-electron chi connectivity index (χ0n) is 18.3. The molecule has 0 N–H and O–H groups in total. The Balaban J connectivity index is 1.82. The zero-order chi connectivity index (χ0) is 21.9. The van der Waals surface area contributed by atoms with Crippen molar-refractivity contribution >= 4 is 12.0 Å². The van der Waals surface area contributed by atoms with Crippen molar-refractivity contribution in [3.05, 3.63) is 48.3 Å². The van der Waals surface area contributed by atoms with Gasteiger partial charge in [0.05, 0.1) is 11.6 Å². The molecule has 0 bridgehead atoms. The lowest BCUT2D eigenvalue weighted by Crippen LogP contribution is -2.54. The van der Waals surface area contributed by atoms with Gasteiger partial charge in [-0.05, 0) is 52.7 Å². The van der Waals surface area contributed by atoms with Gasteiger partial charge in [0.25, 0.3) is 5.91 Å². The quantitative estimate of drug-likeness (QED) is 0.764. The van der Waals surface area contributed by atoms with Crippen LogP contribution in [0.4, 0.5) is 4.79 Å². The average molecular weight is 411 g/mol. The highest BCUT2D eigenvalue weighted by Crippen LogP contribution is 2.27. The lowest BCUT2D eigenvalue weighted by Gasteiger charge is -2.41. The van der Waals surface area contributed by atoms with E-state index in [1.54, 1.807) is 30.4 Å². The van der Waals surface area contributed by atoms with E-state index < -0.39 is 5.60 Å². The van der Waals surface area contributed by atoms with Gasteiger partial charge < -0.3 is 14.5 Å². The lowest BCUT2D eigenvalue weighted by atomic mass is 9.96. The highest BCUT2D eigenvalue weighted by molar-refractivity contribution is 6.00. The van der Waals surface area contributed by atoms with Gasteiger partial charge >= 0.3 is 6.09 Å². The van der Waals surface area contributed by atoms with Crippen molar-refractivity contribution in [3.63, 3.8) is 0 Å². The third kappa shape index (κ3) is 4.96. The van der Waals surface area contributed by atoms with Crippen LogP contribution >= 0.6 is 0 Å². The molecule has 0 unspecified atom stereocenters. The van der Waals surface area contributed by atoms with E-state index in [4.69, 9.17) is 4.74 Å². The van der Waals surface area contributed by atoms with Crippen molar-refractivity contribution in [2.75, 3.05) is 13.6 Å². The number of benzene rings is 1. The molecule has 0 radical (unpaired) electrons. The van der Waals surface area contributed by atoms with Crippen LogP contribution in [-0.2, 0) is 4.74 Å². The second-order valence-electron chi connectivity index (χ2n) is 8.75. The summed E-state index contributed by atoms with van der Waals surface area (Å²) in [6.45, 7) is 8.04. The van der Waals surface area contributed by atoms with Gasteiger partial charge in [-0.1, -0.05) is 18.2 Å².